The number of hydrogen-bond acceptors (Lipinski definition) is 4. The number of nitrogens with zero attached hydrogens (tertiary/aromatic N) is 2. The maximum Gasteiger partial charge on any atom is 0.310 e. The van der Waals surface area contributed by atoms with Crippen LogP contribution >= 0.6 is 11.6 Å². The lowest BCUT2D eigenvalue weighted by molar-refractivity contribution is -0.384. The molecule has 0 spiro atoms. The van der Waals surface area contributed by atoms with E-state index in [0.717, 1.165) is 25.8 Å². The summed E-state index contributed by atoms with van der Waals surface area (Å²) < 4.78 is 0. The lowest BCUT2D eigenvalue weighted by atomic mass is 10.0. The van der Waals surface area contributed by atoms with Crippen LogP contribution in [0.5, 0.6) is 0 Å². The first-order valence-electron chi connectivity index (χ1n) is 6.04. The van der Waals surface area contributed by atoms with Gasteiger partial charge in [-0.05, 0) is 31.4 Å². The standard InChI is InChI=1S/C12H16ClN3O2/c13-10-5-3-6-11(12(10)16(17)18)15-7-2-1-4-9(15)8-14/h3,5-6,9H,1-2,4,7-8,14H2. The summed E-state index contributed by atoms with van der Waals surface area (Å²) in [7, 11) is 0. The Morgan fingerprint density at radius 1 is 1.50 bits per heavy atom. The Kier molecular flexibility index (Phi) is 4.04. The maximum absolute atomic E-state index is 11.1. The average molecular weight is 270 g/mol. The molecule has 1 unspecified atom stereocenters. The quantitative estimate of drug-likeness (QED) is 0.676. The van der Waals surface area contributed by atoms with E-state index < -0.39 is 4.92 Å². The first kappa shape index (κ1) is 13.1. The van der Waals surface area contributed by atoms with E-state index >= 15 is 0 Å². The largest absolute Gasteiger partial charge is 0.362 e. The van der Waals surface area contributed by atoms with Crippen molar-refractivity contribution in [3.8, 4) is 0 Å². The molecule has 1 fully saturated rings. The number of nitro benzene ring substituents is 1. The molecule has 0 bridgehead atoms. The van der Waals surface area contributed by atoms with Crippen molar-refractivity contribution >= 4 is 23.0 Å². The Morgan fingerprint density at radius 3 is 2.94 bits per heavy atom. The predicted octanol–water partition coefficient (Wildman–Crippen LogP) is 2.57. The third kappa shape index (κ3) is 2.42. The fraction of sp³-hybridized carbons (Fsp3) is 0.500. The molecule has 18 heavy (non-hydrogen) atoms. The molecule has 1 aromatic rings. The minimum Gasteiger partial charge on any atom is -0.362 e. The van der Waals surface area contributed by atoms with Crippen LogP contribution in [0.15, 0.2) is 18.2 Å². The molecule has 1 heterocycles. The zero-order valence-electron chi connectivity index (χ0n) is 10.0. The van der Waals surface area contributed by atoms with Gasteiger partial charge in [0, 0.05) is 19.1 Å². The number of piperidine rings is 1. The molecule has 6 heteroatoms. The van der Waals surface area contributed by atoms with E-state index in [1.54, 1.807) is 18.2 Å². The minimum absolute atomic E-state index is 0.0143. The number of benzene rings is 1. The third-order valence-electron chi connectivity index (χ3n) is 3.36. The van der Waals surface area contributed by atoms with Gasteiger partial charge in [0.15, 0.2) is 0 Å². The number of rotatable bonds is 3. The number of nitrogens with two attached hydrogens (primary N) is 1. The monoisotopic (exact) mass is 269 g/mol. The summed E-state index contributed by atoms with van der Waals surface area (Å²) in [6.07, 6.45) is 3.12. The van der Waals surface area contributed by atoms with Crippen LogP contribution in [0.25, 0.3) is 0 Å². The number of anilines is 1. The van der Waals surface area contributed by atoms with Gasteiger partial charge in [-0.2, -0.15) is 0 Å². The van der Waals surface area contributed by atoms with Gasteiger partial charge in [-0.25, -0.2) is 0 Å². The number of nitro groups is 1. The van der Waals surface area contributed by atoms with Gasteiger partial charge in [-0.15, -0.1) is 0 Å². The molecule has 0 aliphatic carbocycles. The van der Waals surface area contributed by atoms with Gasteiger partial charge < -0.3 is 10.6 Å². The van der Waals surface area contributed by atoms with Crippen molar-refractivity contribution in [1.29, 1.82) is 0 Å². The van der Waals surface area contributed by atoms with Crippen molar-refractivity contribution in [3.63, 3.8) is 0 Å². The lowest BCUT2D eigenvalue weighted by Crippen LogP contribution is -2.44. The molecule has 0 amide bonds. The second-order valence-corrected chi connectivity index (χ2v) is 4.85. The molecule has 0 saturated carbocycles. The highest BCUT2D eigenvalue weighted by Gasteiger charge is 2.28. The van der Waals surface area contributed by atoms with Crippen molar-refractivity contribution in [2.45, 2.75) is 25.3 Å². The highest BCUT2D eigenvalue weighted by atomic mass is 35.5. The van der Waals surface area contributed by atoms with Crippen LogP contribution in [0.1, 0.15) is 19.3 Å². The SMILES string of the molecule is NCC1CCCCN1c1cccc(Cl)c1[N+](=O)[O-]. The Labute approximate surface area is 111 Å². The van der Waals surface area contributed by atoms with Gasteiger partial charge in [-0.3, -0.25) is 10.1 Å². The van der Waals surface area contributed by atoms with Crippen LogP contribution in [0.4, 0.5) is 11.4 Å². The summed E-state index contributed by atoms with van der Waals surface area (Å²) in [6.45, 7) is 1.30. The summed E-state index contributed by atoms with van der Waals surface area (Å²) in [5, 5.41) is 11.3. The molecule has 2 N–H and O–H groups in total. The maximum atomic E-state index is 11.1. The summed E-state index contributed by atoms with van der Waals surface area (Å²) >= 11 is 5.93. The Hall–Kier alpha value is -1.33. The second-order valence-electron chi connectivity index (χ2n) is 4.44. The van der Waals surface area contributed by atoms with Crippen molar-refractivity contribution in [2.24, 2.45) is 5.73 Å². The summed E-state index contributed by atoms with van der Waals surface area (Å²) in [5.41, 5.74) is 6.32. The topological polar surface area (TPSA) is 72.4 Å². The van der Waals surface area contributed by atoms with Crippen LogP contribution in [0, 0.1) is 10.1 Å². The molecule has 1 aliphatic rings. The fourth-order valence-corrected chi connectivity index (χ4v) is 2.72. The van der Waals surface area contributed by atoms with E-state index in [1.807, 2.05) is 4.90 Å². The highest BCUT2D eigenvalue weighted by molar-refractivity contribution is 6.33. The summed E-state index contributed by atoms with van der Waals surface area (Å²) in [5.74, 6) is 0. The molecule has 1 saturated heterocycles. The van der Waals surface area contributed by atoms with Crippen molar-refractivity contribution in [1.82, 2.24) is 0 Å². The predicted molar refractivity (Wildman–Crippen MR) is 72.1 cm³/mol. The zero-order chi connectivity index (χ0) is 13.1. The highest BCUT2D eigenvalue weighted by Crippen LogP contribution is 2.37. The van der Waals surface area contributed by atoms with Crippen molar-refractivity contribution < 1.29 is 4.92 Å². The van der Waals surface area contributed by atoms with Crippen LogP contribution in [-0.4, -0.2) is 24.1 Å². The van der Waals surface area contributed by atoms with Gasteiger partial charge in [0.05, 0.1) is 4.92 Å². The Balaban J connectivity index is 2.42. The Morgan fingerprint density at radius 2 is 2.28 bits per heavy atom. The fourth-order valence-electron chi connectivity index (χ4n) is 2.48. The van der Waals surface area contributed by atoms with Crippen LogP contribution < -0.4 is 10.6 Å². The van der Waals surface area contributed by atoms with Gasteiger partial charge >= 0.3 is 5.69 Å². The molecule has 1 aromatic carbocycles. The molecule has 0 aromatic heterocycles. The second kappa shape index (κ2) is 5.54. The smallest absolute Gasteiger partial charge is 0.310 e. The molecule has 0 radical (unpaired) electrons. The molecule has 2 rings (SSSR count). The van der Waals surface area contributed by atoms with Gasteiger partial charge in [0.1, 0.15) is 10.7 Å². The molecular formula is C12H16ClN3O2. The Bertz CT molecular complexity index is 453. The summed E-state index contributed by atoms with van der Waals surface area (Å²) in [6, 6.07) is 5.20. The van der Waals surface area contributed by atoms with Gasteiger partial charge in [0.25, 0.3) is 0 Å². The van der Waals surface area contributed by atoms with Crippen molar-refractivity contribution in [3.05, 3.63) is 33.3 Å². The number of hydrogen-bond donors (Lipinski definition) is 1. The molecule has 98 valence electrons. The molecule has 1 aliphatic heterocycles. The normalized spacial score (nSPS) is 19.9. The van der Waals surface area contributed by atoms with Crippen LogP contribution in [0.2, 0.25) is 5.02 Å². The molecule has 1 atom stereocenters. The van der Waals surface area contributed by atoms with Crippen LogP contribution in [0.3, 0.4) is 0 Å². The third-order valence-corrected chi connectivity index (χ3v) is 3.66. The first-order chi connectivity index (χ1) is 8.65. The number of halogens is 1. The van der Waals surface area contributed by atoms with E-state index in [-0.39, 0.29) is 16.8 Å². The summed E-state index contributed by atoms with van der Waals surface area (Å²) in [4.78, 5) is 12.7. The first-order valence-corrected chi connectivity index (χ1v) is 6.42. The van der Waals surface area contributed by atoms with Gasteiger partial charge in [0.2, 0.25) is 0 Å². The van der Waals surface area contributed by atoms with Crippen molar-refractivity contribution in [2.75, 3.05) is 18.0 Å². The van der Waals surface area contributed by atoms with Gasteiger partial charge in [-0.1, -0.05) is 17.7 Å². The van der Waals surface area contributed by atoms with E-state index in [0.29, 0.717) is 12.2 Å². The van der Waals surface area contributed by atoms with E-state index in [2.05, 4.69) is 0 Å². The molecule has 5 nitrogen and oxygen atoms in total. The average Bonchev–Trinajstić information content (AvgIpc) is 2.38. The molecular weight excluding hydrogens is 254 g/mol. The minimum atomic E-state index is -0.417. The number of para-hydroxylation sites is 1. The van der Waals surface area contributed by atoms with Crippen LogP contribution in [-0.2, 0) is 0 Å². The van der Waals surface area contributed by atoms with E-state index in [4.69, 9.17) is 17.3 Å². The lowest BCUT2D eigenvalue weighted by Gasteiger charge is -2.36. The zero-order valence-corrected chi connectivity index (χ0v) is 10.8. The van der Waals surface area contributed by atoms with E-state index in [1.165, 1.54) is 0 Å². The van der Waals surface area contributed by atoms with E-state index in [9.17, 15) is 10.1 Å².